The number of hydrogen-bond donors (Lipinski definition) is 1. The summed E-state index contributed by atoms with van der Waals surface area (Å²) in [4.78, 5) is 13.5. The molecule has 27 heavy (non-hydrogen) atoms. The molecule has 1 amide bonds. The van der Waals surface area contributed by atoms with Crippen LogP contribution in [-0.4, -0.2) is 68.5 Å². The highest BCUT2D eigenvalue weighted by Crippen LogP contribution is 2.36. The third-order valence-corrected chi connectivity index (χ3v) is 5.26. The number of aliphatic hydroxyl groups is 1. The molecule has 8 nitrogen and oxygen atoms in total. The van der Waals surface area contributed by atoms with Crippen LogP contribution in [0.1, 0.15) is 48.5 Å². The van der Waals surface area contributed by atoms with E-state index in [1.165, 1.54) is 4.90 Å². The number of amides is 1. The Hall–Kier alpha value is -1.58. The van der Waals surface area contributed by atoms with Crippen molar-refractivity contribution in [3.05, 3.63) is 12.4 Å². The molecule has 0 atom stereocenters. The number of rotatable bonds is 3. The summed E-state index contributed by atoms with van der Waals surface area (Å²) in [5.41, 5.74) is -1.60. The van der Waals surface area contributed by atoms with Gasteiger partial charge in [0.1, 0.15) is 11.2 Å². The number of hydrogen-bond acceptors (Lipinski definition) is 6. The molecule has 2 aliphatic heterocycles. The number of ether oxygens (including phenoxy) is 1. The van der Waals surface area contributed by atoms with Crippen molar-refractivity contribution < 1.29 is 23.9 Å². The molecule has 1 aromatic rings. The van der Waals surface area contributed by atoms with Crippen LogP contribution in [-0.2, 0) is 20.6 Å². The number of nitrogens with zero attached hydrogens (tertiary/aromatic N) is 3. The summed E-state index contributed by atoms with van der Waals surface area (Å²) >= 11 is 0. The molecule has 3 rings (SSSR count). The second kappa shape index (κ2) is 6.22. The first kappa shape index (κ1) is 20.2. The van der Waals surface area contributed by atoms with Gasteiger partial charge in [0.15, 0.2) is 0 Å². The van der Waals surface area contributed by atoms with Crippen molar-refractivity contribution in [2.45, 2.75) is 77.4 Å². The molecule has 0 unspecified atom stereocenters. The van der Waals surface area contributed by atoms with Crippen LogP contribution in [0.15, 0.2) is 12.4 Å². The molecule has 3 heterocycles. The number of likely N-dealkylation sites (tertiary alicyclic amines) is 1. The summed E-state index contributed by atoms with van der Waals surface area (Å²) in [5.74, 6) is 0. The van der Waals surface area contributed by atoms with Gasteiger partial charge < -0.3 is 24.1 Å². The Kier molecular flexibility index (Phi) is 4.64. The van der Waals surface area contributed by atoms with Crippen molar-refractivity contribution in [1.82, 2.24) is 14.7 Å². The second-order valence-electron chi connectivity index (χ2n) is 9.62. The zero-order chi connectivity index (χ0) is 20.3. The SMILES string of the molecule is CC(C)(C)OC(=O)N1CC(O)(Cn2cc(B3OC(C)(C)C(C)(C)O3)cn2)C1. The number of aromatic nitrogens is 2. The lowest BCUT2D eigenvalue weighted by Crippen LogP contribution is -2.65. The Bertz CT molecular complexity index is 703. The van der Waals surface area contributed by atoms with Gasteiger partial charge in [0, 0.05) is 17.9 Å². The van der Waals surface area contributed by atoms with Crippen LogP contribution < -0.4 is 5.46 Å². The van der Waals surface area contributed by atoms with Crippen LogP contribution in [0.3, 0.4) is 0 Å². The average molecular weight is 379 g/mol. The standard InChI is InChI=1S/C18H30BN3O5/c1-15(2,3)25-14(23)21-10-18(24,11-21)12-22-9-13(8-20-22)19-26-16(4,5)17(6,7)27-19/h8-9,24H,10-12H2,1-7H3. The first-order chi connectivity index (χ1) is 12.2. The van der Waals surface area contributed by atoms with Gasteiger partial charge in [0.2, 0.25) is 0 Å². The van der Waals surface area contributed by atoms with E-state index in [2.05, 4.69) is 5.10 Å². The Labute approximate surface area is 160 Å². The minimum absolute atomic E-state index is 0.216. The highest BCUT2D eigenvalue weighted by molar-refractivity contribution is 6.61. The summed E-state index contributed by atoms with van der Waals surface area (Å²) in [6, 6.07) is 0. The largest absolute Gasteiger partial charge is 0.498 e. The van der Waals surface area contributed by atoms with E-state index in [4.69, 9.17) is 14.0 Å². The van der Waals surface area contributed by atoms with Crippen molar-refractivity contribution >= 4 is 18.7 Å². The van der Waals surface area contributed by atoms with Gasteiger partial charge in [-0.3, -0.25) is 4.68 Å². The van der Waals surface area contributed by atoms with E-state index in [9.17, 15) is 9.90 Å². The van der Waals surface area contributed by atoms with Gasteiger partial charge in [-0.25, -0.2) is 4.79 Å². The molecule has 2 saturated heterocycles. The molecule has 0 spiro atoms. The maximum Gasteiger partial charge on any atom is 0.498 e. The molecule has 1 aromatic heterocycles. The Balaban J connectivity index is 1.57. The topological polar surface area (TPSA) is 86.0 Å². The normalized spacial score (nSPS) is 23.3. The third kappa shape index (κ3) is 4.15. The Morgan fingerprint density at radius 2 is 1.81 bits per heavy atom. The summed E-state index contributed by atoms with van der Waals surface area (Å²) in [5, 5.41) is 15.0. The molecule has 0 saturated carbocycles. The van der Waals surface area contributed by atoms with Crippen LogP contribution in [0.25, 0.3) is 0 Å². The van der Waals surface area contributed by atoms with Crippen molar-refractivity contribution in [2.24, 2.45) is 0 Å². The Morgan fingerprint density at radius 1 is 1.26 bits per heavy atom. The maximum atomic E-state index is 12.0. The lowest BCUT2D eigenvalue weighted by Gasteiger charge is -2.46. The molecule has 2 aliphatic rings. The maximum absolute atomic E-state index is 12.0. The number of carbonyl (C=O) groups excluding carboxylic acids is 1. The molecule has 0 aliphatic carbocycles. The monoisotopic (exact) mass is 379 g/mol. The van der Waals surface area contributed by atoms with Gasteiger partial charge in [-0.2, -0.15) is 5.10 Å². The summed E-state index contributed by atoms with van der Waals surface area (Å²) in [6.07, 6.45) is 3.09. The molecule has 1 N–H and O–H groups in total. The van der Waals surface area contributed by atoms with Gasteiger partial charge in [0.05, 0.1) is 30.8 Å². The van der Waals surface area contributed by atoms with E-state index < -0.39 is 35.6 Å². The molecule has 2 fully saturated rings. The smallest absolute Gasteiger partial charge is 0.444 e. The van der Waals surface area contributed by atoms with Crippen LogP contribution in [0.5, 0.6) is 0 Å². The second-order valence-corrected chi connectivity index (χ2v) is 9.62. The minimum atomic E-state index is -1.02. The quantitative estimate of drug-likeness (QED) is 0.794. The van der Waals surface area contributed by atoms with E-state index in [0.717, 1.165) is 5.46 Å². The molecular weight excluding hydrogens is 349 g/mol. The van der Waals surface area contributed by atoms with E-state index in [1.54, 1.807) is 10.9 Å². The number of β-amino-alcohol motifs (C(OH)–C–C–N with tert-alkyl or cyclic N) is 1. The summed E-state index contributed by atoms with van der Waals surface area (Å²) in [7, 11) is -0.488. The minimum Gasteiger partial charge on any atom is -0.444 e. The predicted octanol–water partition coefficient (Wildman–Crippen LogP) is 1.16. The van der Waals surface area contributed by atoms with Gasteiger partial charge >= 0.3 is 13.2 Å². The summed E-state index contributed by atoms with van der Waals surface area (Å²) < 4.78 is 19.0. The van der Waals surface area contributed by atoms with Crippen molar-refractivity contribution in [2.75, 3.05) is 13.1 Å². The first-order valence-electron chi connectivity index (χ1n) is 9.28. The molecule has 0 bridgehead atoms. The average Bonchev–Trinajstić information content (AvgIpc) is 2.97. The van der Waals surface area contributed by atoms with Gasteiger partial charge in [-0.1, -0.05) is 0 Å². The first-order valence-corrected chi connectivity index (χ1v) is 9.28. The third-order valence-electron chi connectivity index (χ3n) is 5.26. The molecular formula is C18H30BN3O5. The van der Waals surface area contributed by atoms with Gasteiger partial charge in [-0.05, 0) is 48.5 Å². The van der Waals surface area contributed by atoms with E-state index in [-0.39, 0.29) is 19.6 Å². The van der Waals surface area contributed by atoms with Crippen LogP contribution in [0, 0.1) is 0 Å². The van der Waals surface area contributed by atoms with Crippen LogP contribution in [0.2, 0.25) is 0 Å². The van der Waals surface area contributed by atoms with Gasteiger partial charge in [-0.15, -0.1) is 0 Å². The highest BCUT2D eigenvalue weighted by atomic mass is 16.7. The zero-order valence-electron chi connectivity index (χ0n) is 17.3. The van der Waals surface area contributed by atoms with Crippen LogP contribution >= 0.6 is 0 Å². The predicted molar refractivity (Wildman–Crippen MR) is 101 cm³/mol. The molecule has 9 heteroatoms. The van der Waals surface area contributed by atoms with E-state index >= 15 is 0 Å². The lowest BCUT2D eigenvalue weighted by atomic mass is 9.82. The van der Waals surface area contributed by atoms with Crippen molar-refractivity contribution in [3.8, 4) is 0 Å². The fraction of sp³-hybridized carbons (Fsp3) is 0.778. The van der Waals surface area contributed by atoms with Crippen molar-refractivity contribution in [1.29, 1.82) is 0 Å². The zero-order valence-corrected chi connectivity index (χ0v) is 17.3. The lowest BCUT2D eigenvalue weighted by molar-refractivity contribution is -0.108. The van der Waals surface area contributed by atoms with E-state index in [0.29, 0.717) is 0 Å². The van der Waals surface area contributed by atoms with Crippen LogP contribution in [0.4, 0.5) is 4.79 Å². The highest BCUT2D eigenvalue weighted by Gasteiger charge is 2.52. The Morgan fingerprint density at radius 3 is 2.33 bits per heavy atom. The molecule has 150 valence electrons. The fourth-order valence-electron chi connectivity index (χ4n) is 3.09. The van der Waals surface area contributed by atoms with E-state index in [1.807, 2.05) is 54.7 Å². The fourth-order valence-corrected chi connectivity index (χ4v) is 3.09. The molecule has 0 radical (unpaired) electrons. The molecule has 0 aromatic carbocycles. The van der Waals surface area contributed by atoms with Gasteiger partial charge in [0.25, 0.3) is 0 Å². The van der Waals surface area contributed by atoms with Crippen molar-refractivity contribution in [3.63, 3.8) is 0 Å². The summed E-state index contributed by atoms with van der Waals surface area (Å²) in [6.45, 7) is 14.2. The number of carbonyl (C=O) groups is 1.